The van der Waals surface area contributed by atoms with Crippen LogP contribution in [0.2, 0.25) is 0 Å². The van der Waals surface area contributed by atoms with Gasteiger partial charge in [-0.15, -0.1) is 0 Å². The molecule has 2 rings (SSSR count). The Labute approximate surface area is 104 Å². The fourth-order valence-electron chi connectivity index (χ4n) is 1.28. The highest BCUT2D eigenvalue weighted by molar-refractivity contribution is 7.99. The molecule has 7 heteroatoms. The van der Waals surface area contributed by atoms with E-state index in [1.807, 2.05) is 24.3 Å². The van der Waals surface area contributed by atoms with Crippen LogP contribution in [-0.2, 0) is 10.0 Å². The number of aromatic nitrogens is 1. The average molecular weight is 272 g/mol. The van der Waals surface area contributed by atoms with Crippen molar-refractivity contribution in [3.05, 3.63) is 24.3 Å². The highest BCUT2D eigenvalue weighted by atomic mass is 32.2. The van der Waals surface area contributed by atoms with Crippen molar-refractivity contribution in [2.45, 2.75) is 5.22 Å². The number of oxazole rings is 1. The number of nitrogens with one attached hydrogen (secondary N) is 1. The molecule has 0 radical (unpaired) electrons. The van der Waals surface area contributed by atoms with Gasteiger partial charge in [-0.2, -0.15) is 0 Å². The van der Waals surface area contributed by atoms with E-state index in [4.69, 9.17) is 4.42 Å². The first kappa shape index (κ1) is 12.4. The third-order valence-electron chi connectivity index (χ3n) is 1.97. The molecule has 0 aliphatic carbocycles. The lowest BCUT2D eigenvalue weighted by molar-refractivity contribution is 0.489. The molecule has 1 aromatic carbocycles. The summed E-state index contributed by atoms with van der Waals surface area (Å²) >= 11 is 1.38. The molecule has 92 valence electrons. The number of thioether (sulfide) groups is 1. The fraction of sp³-hybridized carbons (Fsp3) is 0.300. The summed E-state index contributed by atoms with van der Waals surface area (Å²) in [6, 6.07) is 7.50. The minimum atomic E-state index is -3.12. The maximum Gasteiger partial charge on any atom is 0.256 e. The van der Waals surface area contributed by atoms with Crippen molar-refractivity contribution in [1.29, 1.82) is 0 Å². The first-order chi connectivity index (χ1) is 8.04. The van der Waals surface area contributed by atoms with Crippen molar-refractivity contribution < 1.29 is 12.8 Å². The summed E-state index contributed by atoms with van der Waals surface area (Å²) in [7, 11) is -3.12. The molecule has 0 spiro atoms. The second-order valence-electron chi connectivity index (χ2n) is 3.46. The number of benzene rings is 1. The second-order valence-corrected chi connectivity index (χ2v) is 6.34. The minimum Gasteiger partial charge on any atom is -0.431 e. The van der Waals surface area contributed by atoms with Gasteiger partial charge in [0, 0.05) is 12.3 Å². The molecule has 5 nitrogen and oxygen atoms in total. The smallest absolute Gasteiger partial charge is 0.256 e. The molecule has 0 aliphatic heterocycles. The first-order valence-corrected chi connectivity index (χ1v) is 7.85. The molecule has 1 heterocycles. The molecular weight excluding hydrogens is 260 g/mol. The van der Waals surface area contributed by atoms with Gasteiger partial charge in [0.2, 0.25) is 10.0 Å². The number of sulfonamides is 1. The van der Waals surface area contributed by atoms with E-state index >= 15 is 0 Å². The van der Waals surface area contributed by atoms with Gasteiger partial charge in [-0.3, -0.25) is 0 Å². The van der Waals surface area contributed by atoms with Gasteiger partial charge >= 0.3 is 0 Å². The van der Waals surface area contributed by atoms with Crippen LogP contribution in [0.3, 0.4) is 0 Å². The van der Waals surface area contributed by atoms with Crippen LogP contribution in [0, 0.1) is 0 Å². The molecule has 0 atom stereocenters. The van der Waals surface area contributed by atoms with Crippen molar-refractivity contribution in [3.8, 4) is 0 Å². The van der Waals surface area contributed by atoms with Crippen LogP contribution >= 0.6 is 11.8 Å². The average Bonchev–Trinajstić information content (AvgIpc) is 2.65. The van der Waals surface area contributed by atoms with Gasteiger partial charge in [0.15, 0.2) is 5.58 Å². The van der Waals surface area contributed by atoms with Crippen LogP contribution < -0.4 is 4.72 Å². The lowest BCUT2D eigenvalue weighted by Crippen LogP contribution is -2.24. The molecule has 0 bridgehead atoms. The molecule has 0 aliphatic rings. The lowest BCUT2D eigenvalue weighted by atomic mass is 10.3. The van der Waals surface area contributed by atoms with Crippen LogP contribution in [0.1, 0.15) is 0 Å². The highest BCUT2D eigenvalue weighted by Gasteiger charge is 2.06. The Bertz CT molecular complexity index is 574. The Kier molecular flexibility index (Phi) is 3.70. The summed E-state index contributed by atoms with van der Waals surface area (Å²) in [4.78, 5) is 4.27. The van der Waals surface area contributed by atoms with Gasteiger partial charge < -0.3 is 4.42 Å². The Morgan fingerprint density at radius 1 is 1.41 bits per heavy atom. The third-order valence-corrected chi connectivity index (χ3v) is 3.52. The van der Waals surface area contributed by atoms with Gasteiger partial charge in [-0.1, -0.05) is 23.9 Å². The molecule has 0 fully saturated rings. The van der Waals surface area contributed by atoms with Crippen molar-refractivity contribution in [2.24, 2.45) is 0 Å². The summed E-state index contributed by atoms with van der Waals surface area (Å²) in [5.41, 5.74) is 1.55. The summed E-state index contributed by atoms with van der Waals surface area (Å²) in [6.45, 7) is 0.363. The summed E-state index contributed by atoms with van der Waals surface area (Å²) < 4.78 is 29.5. The monoisotopic (exact) mass is 272 g/mol. The van der Waals surface area contributed by atoms with Crippen molar-refractivity contribution in [1.82, 2.24) is 9.71 Å². The SMILES string of the molecule is CS(=O)(=O)NCCSc1nc2ccccc2o1. The molecule has 0 amide bonds. The largest absolute Gasteiger partial charge is 0.431 e. The molecular formula is C10H12N2O3S2. The number of fused-ring (bicyclic) bond motifs is 1. The molecule has 0 unspecified atom stereocenters. The zero-order valence-corrected chi connectivity index (χ0v) is 10.8. The van der Waals surface area contributed by atoms with Crippen molar-refractivity contribution in [2.75, 3.05) is 18.6 Å². The Hall–Kier alpha value is -1.05. The molecule has 2 aromatic rings. The van der Waals surface area contributed by atoms with E-state index in [-0.39, 0.29) is 0 Å². The topological polar surface area (TPSA) is 72.2 Å². The van der Waals surface area contributed by atoms with Crippen LogP contribution in [0.4, 0.5) is 0 Å². The zero-order chi connectivity index (χ0) is 12.3. The van der Waals surface area contributed by atoms with Crippen LogP contribution in [0.25, 0.3) is 11.1 Å². The van der Waals surface area contributed by atoms with Crippen LogP contribution in [-0.4, -0.2) is 32.0 Å². The number of nitrogens with zero attached hydrogens (tertiary/aromatic N) is 1. The van der Waals surface area contributed by atoms with Gasteiger partial charge in [0.05, 0.1) is 6.26 Å². The van der Waals surface area contributed by atoms with Crippen molar-refractivity contribution >= 4 is 32.9 Å². The summed E-state index contributed by atoms with van der Waals surface area (Å²) in [6.07, 6.45) is 1.14. The summed E-state index contributed by atoms with van der Waals surface area (Å²) in [5, 5.41) is 0.557. The number of hydrogen-bond acceptors (Lipinski definition) is 5. The van der Waals surface area contributed by atoms with E-state index in [0.29, 0.717) is 17.5 Å². The zero-order valence-electron chi connectivity index (χ0n) is 9.21. The minimum absolute atomic E-state index is 0.363. The standard InChI is InChI=1S/C10H12N2O3S2/c1-17(13,14)11-6-7-16-10-12-8-4-2-3-5-9(8)15-10/h2-5,11H,6-7H2,1H3. The van der Waals surface area contributed by atoms with Gasteiger partial charge in [-0.05, 0) is 12.1 Å². The van der Waals surface area contributed by atoms with Gasteiger partial charge in [-0.25, -0.2) is 18.1 Å². The fourth-order valence-corrected chi connectivity index (χ4v) is 2.57. The quantitative estimate of drug-likeness (QED) is 0.659. The maximum atomic E-state index is 10.8. The van der Waals surface area contributed by atoms with Crippen molar-refractivity contribution in [3.63, 3.8) is 0 Å². The van der Waals surface area contributed by atoms with Gasteiger partial charge in [0.1, 0.15) is 5.52 Å². The number of rotatable bonds is 5. The predicted molar refractivity (Wildman–Crippen MR) is 67.6 cm³/mol. The van der Waals surface area contributed by atoms with E-state index in [9.17, 15) is 8.42 Å². The Morgan fingerprint density at radius 2 is 2.18 bits per heavy atom. The normalized spacial score (nSPS) is 12.1. The lowest BCUT2D eigenvalue weighted by Gasteiger charge is -1.98. The predicted octanol–water partition coefficient (Wildman–Crippen LogP) is 1.47. The Balaban J connectivity index is 1.91. The maximum absolute atomic E-state index is 10.8. The third kappa shape index (κ3) is 3.72. The van der Waals surface area contributed by atoms with E-state index in [1.54, 1.807) is 0 Å². The molecule has 1 aromatic heterocycles. The molecule has 0 saturated carbocycles. The molecule has 17 heavy (non-hydrogen) atoms. The van der Waals surface area contributed by atoms with E-state index in [1.165, 1.54) is 11.8 Å². The van der Waals surface area contributed by atoms with Crippen LogP contribution in [0.15, 0.2) is 33.9 Å². The van der Waals surface area contributed by atoms with E-state index in [0.717, 1.165) is 17.4 Å². The molecule has 0 saturated heterocycles. The van der Waals surface area contributed by atoms with Crippen LogP contribution in [0.5, 0.6) is 0 Å². The highest BCUT2D eigenvalue weighted by Crippen LogP contribution is 2.22. The van der Waals surface area contributed by atoms with Gasteiger partial charge in [0.25, 0.3) is 5.22 Å². The Morgan fingerprint density at radius 3 is 2.88 bits per heavy atom. The first-order valence-electron chi connectivity index (χ1n) is 4.97. The van der Waals surface area contributed by atoms with E-state index < -0.39 is 10.0 Å². The second kappa shape index (κ2) is 5.07. The molecule has 1 N–H and O–H groups in total. The summed E-state index contributed by atoms with van der Waals surface area (Å²) in [5.74, 6) is 0.583. The number of para-hydroxylation sites is 2. The van der Waals surface area contributed by atoms with E-state index in [2.05, 4.69) is 9.71 Å². The number of hydrogen-bond donors (Lipinski definition) is 1.